The largest absolute Gasteiger partial charge is 0.354 e. The molecule has 1 aromatic heterocycles. The molecule has 0 aliphatic rings. The van der Waals surface area contributed by atoms with Crippen molar-refractivity contribution >= 4 is 11.8 Å². The van der Waals surface area contributed by atoms with Crippen molar-refractivity contribution in [2.45, 2.75) is 12.7 Å². The minimum absolute atomic E-state index is 0.111. The number of carbonyl (C=O) groups is 2. The van der Waals surface area contributed by atoms with Gasteiger partial charge in [0.15, 0.2) is 6.29 Å². The van der Waals surface area contributed by atoms with Gasteiger partial charge >= 0.3 is 11.8 Å². The van der Waals surface area contributed by atoms with Gasteiger partial charge < -0.3 is 20.1 Å². The second kappa shape index (κ2) is 9.00. The van der Waals surface area contributed by atoms with Gasteiger partial charge in [-0.25, -0.2) is 0 Å². The number of rotatable bonds is 7. The maximum atomic E-state index is 11.5. The van der Waals surface area contributed by atoms with Gasteiger partial charge in [0.05, 0.1) is 6.54 Å². The number of carbonyl (C=O) groups excluding carboxylic acids is 2. The van der Waals surface area contributed by atoms with Crippen LogP contribution in [-0.4, -0.2) is 50.4 Å². The average molecular weight is 281 g/mol. The van der Waals surface area contributed by atoms with E-state index in [0.29, 0.717) is 13.0 Å². The number of methoxy groups -OCH3 is 2. The Bertz CT molecular complexity index is 421. The first-order chi connectivity index (χ1) is 9.67. The Morgan fingerprint density at radius 3 is 2.50 bits per heavy atom. The van der Waals surface area contributed by atoms with Crippen LogP contribution in [0.3, 0.4) is 0 Å². The molecule has 0 fully saturated rings. The summed E-state index contributed by atoms with van der Waals surface area (Å²) in [5.41, 5.74) is 0.854. The fraction of sp³-hybridized carbons (Fsp3) is 0.462. The molecule has 0 spiro atoms. The van der Waals surface area contributed by atoms with E-state index in [-0.39, 0.29) is 6.54 Å². The molecule has 2 amide bonds. The topological polar surface area (TPSA) is 89.5 Å². The van der Waals surface area contributed by atoms with Crippen molar-refractivity contribution in [2.24, 2.45) is 0 Å². The molecule has 0 aliphatic carbocycles. The highest BCUT2D eigenvalue weighted by atomic mass is 16.7. The zero-order valence-corrected chi connectivity index (χ0v) is 11.6. The average Bonchev–Trinajstić information content (AvgIpc) is 2.49. The summed E-state index contributed by atoms with van der Waals surface area (Å²) in [6.45, 7) is 0.459. The zero-order chi connectivity index (χ0) is 14.8. The van der Waals surface area contributed by atoms with E-state index >= 15 is 0 Å². The van der Waals surface area contributed by atoms with Crippen LogP contribution in [0.15, 0.2) is 24.4 Å². The van der Waals surface area contributed by atoms with Gasteiger partial charge in [0, 0.05) is 39.1 Å². The van der Waals surface area contributed by atoms with Gasteiger partial charge in [0.1, 0.15) is 0 Å². The second-order valence-electron chi connectivity index (χ2n) is 3.94. The van der Waals surface area contributed by atoms with Crippen molar-refractivity contribution in [1.82, 2.24) is 15.6 Å². The number of nitrogens with one attached hydrogen (secondary N) is 2. The third kappa shape index (κ3) is 5.77. The normalized spacial score (nSPS) is 10.3. The molecule has 1 aromatic rings. The number of hydrogen-bond acceptors (Lipinski definition) is 5. The summed E-state index contributed by atoms with van der Waals surface area (Å²) in [7, 11) is 2.90. The maximum absolute atomic E-state index is 11.5. The molecule has 0 saturated heterocycles. The van der Waals surface area contributed by atoms with E-state index in [0.717, 1.165) is 5.69 Å². The van der Waals surface area contributed by atoms with Gasteiger partial charge in [0.2, 0.25) is 0 Å². The molecule has 0 unspecified atom stereocenters. The zero-order valence-electron chi connectivity index (χ0n) is 11.6. The van der Waals surface area contributed by atoms with E-state index in [4.69, 9.17) is 9.47 Å². The van der Waals surface area contributed by atoms with Crippen LogP contribution < -0.4 is 10.6 Å². The van der Waals surface area contributed by atoms with E-state index in [9.17, 15) is 9.59 Å². The summed E-state index contributed by atoms with van der Waals surface area (Å²) >= 11 is 0. The molecule has 7 heteroatoms. The molecule has 0 radical (unpaired) electrons. The van der Waals surface area contributed by atoms with Crippen LogP contribution in [-0.2, 0) is 25.5 Å². The standard InChI is InChI=1S/C13H19N3O4/c1-19-11(20-2)9-16-13(18)12(17)15-8-6-10-5-3-4-7-14-10/h3-5,7,11H,6,8-9H2,1-2H3,(H,15,17)(H,16,18). The summed E-state index contributed by atoms with van der Waals surface area (Å²) < 4.78 is 9.78. The minimum atomic E-state index is -0.717. The quantitative estimate of drug-likeness (QED) is 0.518. The molecule has 0 bridgehead atoms. The Balaban J connectivity index is 2.23. The van der Waals surface area contributed by atoms with Gasteiger partial charge in [0.25, 0.3) is 0 Å². The van der Waals surface area contributed by atoms with Crippen molar-refractivity contribution in [3.8, 4) is 0 Å². The van der Waals surface area contributed by atoms with Crippen molar-refractivity contribution < 1.29 is 19.1 Å². The van der Waals surface area contributed by atoms with Crippen LogP contribution in [0.5, 0.6) is 0 Å². The van der Waals surface area contributed by atoms with Crippen LogP contribution in [0.1, 0.15) is 5.69 Å². The third-order valence-corrected chi connectivity index (χ3v) is 2.55. The fourth-order valence-electron chi connectivity index (χ4n) is 1.45. The number of pyridine rings is 1. The van der Waals surface area contributed by atoms with Crippen molar-refractivity contribution in [1.29, 1.82) is 0 Å². The summed E-state index contributed by atoms with van der Waals surface area (Å²) in [5.74, 6) is -1.41. The summed E-state index contributed by atoms with van der Waals surface area (Å²) in [5, 5.41) is 4.93. The van der Waals surface area contributed by atoms with Gasteiger partial charge in [-0.2, -0.15) is 0 Å². The Labute approximate surface area is 117 Å². The van der Waals surface area contributed by atoms with Gasteiger partial charge in [-0.3, -0.25) is 14.6 Å². The Kier molecular flexibility index (Phi) is 7.23. The van der Waals surface area contributed by atoms with Gasteiger partial charge in [-0.15, -0.1) is 0 Å². The smallest absolute Gasteiger partial charge is 0.309 e. The van der Waals surface area contributed by atoms with Crippen LogP contribution in [0.2, 0.25) is 0 Å². The lowest BCUT2D eigenvalue weighted by Crippen LogP contribution is -2.43. The number of amides is 2. The molecule has 1 heterocycles. The van der Waals surface area contributed by atoms with Crippen LogP contribution in [0.25, 0.3) is 0 Å². The summed E-state index contributed by atoms with van der Waals surface area (Å²) in [4.78, 5) is 27.1. The van der Waals surface area contributed by atoms with Crippen LogP contribution >= 0.6 is 0 Å². The number of aromatic nitrogens is 1. The molecule has 0 atom stereocenters. The SMILES string of the molecule is COC(CNC(=O)C(=O)NCCc1ccccn1)OC. The lowest BCUT2D eigenvalue weighted by atomic mass is 10.3. The van der Waals surface area contributed by atoms with Crippen molar-refractivity contribution in [3.63, 3.8) is 0 Å². The molecule has 2 N–H and O–H groups in total. The van der Waals surface area contributed by atoms with E-state index < -0.39 is 18.1 Å². The molecular weight excluding hydrogens is 262 g/mol. The number of ether oxygens (including phenoxy) is 2. The van der Waals surface area contributed by atoms with Crippen molar-refractivity contribution in [2.75, 3.05) is 27.3 Å². The molecule has 0 aliphatic heterocycles. The summed E-state index contributed by atoms with van der Waals surface area (Å²) in [6.07, 6.45) is 1.68. The number of nitrogens with zero attached hydrogens (tertiary/aromatic N) is 1. The highest BCUT2D eigenvalue weighted by Gasteiger charge is 2.14. The first kappa shape index (κ1) is 16.1. The molecule has 20 heavy (non-hydrogen) atoms. The first-order valence-electron chi connectivity index (χ1n) is 6.19. The van der Waals surface area contributed by atoms with Crippen LogP contribution in [0, 0.1) is 0 Å². The Morgan fingerprint density at radius 1 is 1.20 bits per heavy atom. The molecule has 7 nitrogen and oxygen atoms in total. The lowest BCUT2D eigenvalue weighted by molar-refractivity contribution is -0.141. The van der Waals surface area contributed by atoms with Crippen LogP contribution in [0.4, 0.5) is 0 Å². The maximum Gasteiger partial charge on any atom is 0.309 e. The minimum Gasteiger partial charge on any atom is -0.354 e. The van der Waals surface area contributed by atoms with Crippen molar-refractivity contribution in [3.05, 3.63) is 30.1 Å². The van der Waals surface area contributed by atoms with E-state index in [1.165, 1.54) is 14.2 Å². The molecular formula is C13H19N3O4. The molecule has 0 saturated carbocycles. The monoisotopic (exact) mass is 281 g/mol. The second-order valence-corrected chi connectivity index (χ2v) is 3.94. The van der Waals surface area contributed by atoms with Gasteiger partial charge in [-0.1, -0.05) is 6.07 Å². The summed E-state index contributed by atoms with van der Waals surface area (Å²) in [6, 6.07) is 5.54. The molecule has 110 valence electrons. The Morgan fingerprint density at radius 2 is 1.90 bits per heavy atom. The highest BCUT2D eigenvalue weighted by Crippen LogP contribution is 1.93. The lowest BCUT2D eigenvalue weighted by Gasteiger charge is -2.13. The first-order valence-corrected chi connectivity index (χ1v) is 6.19. The molecule has 1 rings (SSSR count). The van der Waals surface area contributed by atoms with E-state index in [2.05, 4.69) is 15.6 Å². The third-order valence-electron chi connectivity index (χ3n) is 2.55. The van der Waals surface area contributed by atoms with Gasteiger partial charge in [-0.05, 0) is 12.1 Å². The fourth-order valence-corrected chi connectivity index (χ4v) is 1.45. The Hall–Kier alpha value is -1.99. The highest BCUT2D eigenvalue weighted by molar-refractivity contribution is 6.35. The number of hydrogen-bond donors (Lipinski definition) is 2. The molecule has 0 aromatic carbocycles. The van der Waals surface area contributed by atoms with E-state index in [1.54, 1.807) is 6.20 Å². The predicted molar refractivity (Wildman–Crippen MR) is 71.8 cm³/mol. The predicted octanol–water partition coefficient (Wildman–Crippen LogP) is -0.525. The van der Waals surface area contributed by atoms with E-state index in [1.807, 2.05) is 18.2 Å².